The Morgan fingerprint density at radius 1 is 0.964 bits per heavy atom. The van der Waals surface area contributed by atoms with E-state index in [1.165, 1.54) is 6.20 Å². The second-order valence-corrected chi connectivity index (χ2v) is 6.56. The maximum atomic E-state index is 12.3. The highest BCUT2D eigenvalue weighted by Crippen LogP contribution is 2.16. The monoisotopic (exact) mass is 386 g/mol. The van der Waals surface area contributed by atoms with E-state index >= 15 is 0 Å². The number of anilines is 2. The second kappa shape index (κ2) is 8.98. The molecule has 3 rings (SSSR count). The zero-order valence-corrected chi connectivity index (χ0v) is 15.3. The summed E-state index contributed by atoms with van der Waals surface area (Å²) in [5.41, 5.74) is 0.975. The van der Waals surface area contributed by atoms with Crippen molar-refractivity contribution < 1.29 is 19.5 Å². The molecule has 148 valence electrons. The van der Waals surface area contributed by atoms with E-state index in [-0.39, 0.29) is 24.2 Å². The Labute approximate surface area is 161 Å². The van der Waals surface area contributed by atoms with Crippen LogP contribution in [-0.4, -0.2) is 56.0 Å². The molecule has 10 nitrogen and oxygen atoms in total. The van der Waals surface area contributed by atoms with Crippen LogP contribution < -0.4 is 10.6 Å². The number of nitrogens with one attached hydrogen (secondary N) is 2. The van der Waals surface area contributed by atoms with Crippen LogP contribution in [0.25, 0.3) is 0 Å². The number of aromatic nitrogens is 3. The number of nitrogens with zero attached hydrogens (tertiary/aromatic N) is 4. The van der Waals surface area contributed by atoms with Crippen molar-refractivity contribution in [3.8, 4) is 0 Å². The molecule has 1 aliphatic heterocycles. The van der Waals surface area contributed by atoms with Crippen molar-refractivity contribution in [2.45, 2.75) is 32.2 Å². The molecule has 28 heavy (non-hydrogen) atoms. The standard InChI is InChI=1S/C18H22N6O4/c25-16(12-24-11-15(17(26)27)21-22-24)19-13-5-7-14(8-6-13)20-18(28)23-9-3-1-2-4-10-23/h5-8,11H,1-4,9-10,12H2,(H,19,25)(H,20,28)(H,26,27). The second-order valence-electron chi connectivity index (χ2n) is 6.56. The molecule has 0 aliphatic carbocycles. The average molecular weight is 386 g/mol. The molecule has 3 amide bonds. The molecule has 0 radical (unpaired) electrons. The molecule has 2 aromatic rings. The SMILES string of the molecule is O=C(Cn1cc(C(=O)O)nn1)Nc1ccc(NC(=O)N2CCCCCC2)cc1. The summed E-state index contributed by atoms with van der Waals surface area (Å²) in [5, 5.41) is 21.4. The van der Waals surface area contributed by atoms with Gasteiger partial charge >= 0.3 is 12.0 Å². The third kappa shape index (κ3) is 5.29. The minimum Gasteiger partial charge on any atom is -0.476 e. The van der Waals surface area contributed by atoms with E-state index in [2.05, 4.69) is 20.9 Å². The highest BCUT2D eigenvalue weighted by atomic mass is 16.4. The minimum absolute atomic E-state index is 0.112. The predicted molar refractivity (Wildman–Crippen MR) is 101 cm³/mol. The molecular weight excluding hydrogens is 364 g/mol. The first-order valence-electron chi connectivity index (χ1n) is 9.10. The summed E-state index contributed by atoms with van der Waals surface area (Å²) in [7, 11) is 0. The Morgan fingerprint density at radius 3 is 2.14 bits per heavy atom. The fraction of sp³-hybridized carbons (Fsp3) is 0.389. The van der Waals surface area contributed by atoms with Crippen molar-refractivity contribution in [2.75, 3.05) is 23.7 Å². The van der Waals surface area contributed by atoms with E-state index < -0.39 is 5.97 Å². The van der Waals surface area contributed by atoms with Gasteiger partial charge in [0.2, 0.25) is 5.91 Å². The number of likely N-dealkylation sites (tertiary alicyclic amines) is 1. The third-order valence-corrected chi connectivity index (χ3v) is 4.38. The van der Waals surface area contributed by atoms with Crippen molar-refractivity contribution in [1.29, 1.82) is 0 Å². The average Bonchev–Trinajstić information content (AvgIpc) is 2.96. The van der Waals surface area contributed by atoms with Crippen molar-refractivity contribution in [3.05, 3.63) is 36.2 Å². The molecule has 1 aliphatic rings. The zero-order chi connectivity index (χ0) is 19.9. The first-order chi connectivity index (χ1) is 13.5. The Bertz CT molecular complexity index is 840. The maximum absolute atomic E-state index is 12.3. The lowest BCUT2D eigenvalue weighted by Crippen LogP contribution is -2.35. The van der Waals surface area contributed by atoms with E-state index in [1.54, 1.807) is 24.3 Å². The van der Waals surface area contributed by atoms with Crippen LogP contribution in [0.1, 0.15) is 36.2 Å². The lowest BCUT2D eigenvalue weighted by molar-refractivity contribution is -0.116. The molecule has 0 spiro atoms. The van der Waals surface area contributed by atoms with E-state index in [0.717, 1.165) is 43.5 Å². The summed E-state index contributed by atoms with van der Waals surface area (Å²) in [4.78, 5) is 37.0. The lowest BCUT2D eigenvalue weighted by atomic mass is 10.2. The Kier molecular flexibility index (Phi) is 6.20. The summed E-state index contributed by atoms with van der Waals surface area (Å²) in [6.45, 7) is 1.38. The van der Waals surface area contributed by atoms with Crippen molar-refractivity contribution in [3.63, 3.8) is 0 Å². The van der Waals surface area contributed by atoms with Gasteiger partial charge in [0.25, 0.3) is 0 Å². The Morgan fingerprint density at radius 2 is 1.57 bits per heavy atom. The molecule has 0 unspecified atom stereocenters. The van der Waals surface area contributed by atoms with E-state index in [9.17, 15) is 14.4 Å². The predicted octanol–water partition coefficient (Wildman–Crippen LogP) is 2.02. The molecule has 0 atom stereocenters. The molecule has 10 heteroatoms. The van der Waals surface area contributed by atoms with Crippen molar-refractivity contribution in [2.24, 2.45) is 0 Å². The molecule has 2 heterocycles. The van der Waals surface area contributed by atoms with E-state index in [0.29, 0.717) is 11.4 Å². The van der Waals surface area contributed by atoms with Crippen LogP contribution >= 0.6 is 0 Å². The number of benzene rings is 1. The van der Waals surface area contributed by atoms with Crippen LogP contribution in [0.5, 0.6) is 0 Å². The molecule has 0 saturated carbocycles. The van der Waals surface area contributed by atoms with Gasteiger partial charge in [0.15, 0.2) is 5.69 Å². The van der Waals surface area contributed by atoms with E-state index in [1.807, 2.05) is 4.90 Å². The van der Waals surface area contributed by atoms with Gasteiger partial charge in [-0.05, 0) is 37.1 Å². The topological polar surface area (TPSA) is 129 Å². The number of carboxylic acid groups (broad SMARTS) is 1. The minimum atomic E-state index is -1.20. The van der Waals surface area contributed by atoms with Crippen LogP contribution in [-0.2, 0) is 11.3 Å². The number of carbonyl (C=O) groups excluding carboxylic acids is 2. The summed E-state index contributed by atoms with van der Waals surface area (Å²) < 4.78 is 1.15. The van der Waals surface area contributed by atoms with Gasteiger partial charge in [-0.25, -0.2) is 14.3 Å². The first-order valence-corrected chi connectivity index (χ1v) is 9.10. The maximum Gasteiger partial charge on any atom is 0.358 e. The number of aromatic carboxylic acids is 1. The van der Waals surface area contributed by atoms with Gasteiger partial charge in [-0.1, -0.05) is 18.1 Å². The van der Waals surface area contributed by atoms with Crippen molar-refractivity contribution in [1.82, 2.24) is 19.9 Å². The zero-order valence-electron chi connectivity index (χ0n) is 15.3. The third-order valence-electron chi connectivity index (χ3n) is 4.38. The smallest absolute Gasteiger partial charge is 0.358 e. The highest BCUT2D eigenvalue weighted by Gasteiger charge is 2.15. The van der Waals surface area contributed by atoms with Gasteiger partial charge in [0, 0.05) is 24.5 Å². The van der Waals surface area contributed by atoms with Gasteiger partial charge in [-0.15, -0.1) is 5.10 Å². The Hall–Kier alpha value is -3.43. The normalized spacial score (nSPS) is 14.2. The van der Waals surface area contributed by atoms with E-state index in [4.69, 9.17) is 5.11 Å². The van der Waals surface area contributed by atoms with Gasteiger partial charge in [0.1, 0.15) is 6.54 Å². The largest absolute Gasteiger partial charge is 0.476 e. The molecule has 1 aromatic carbocycles. The van der Waals surface area contributed by atoms with Crippen LogP contribution in [0.2, 0.25) is 0 Å². The number of hydrogen-bond donors (Lipinski definition) is 3. The first kappa shape index (κ1) is 19.3. The molecule has 3 N–H and O–H groups in total. The highest BCUT2D eigenvalue weighted by molar-refractivity contribution is 5.92. The fourth-order valence-electron chi connectivity index (χ4n) is 2.93. The molecular formula is C18H22N6O4. The van der Waals surface area contributed by atoms with Gasteiger partial charge in [0.05, 0.1) is 6.20 Å². The number of carbonyl (C=O) groups is 3. The van der Waals surface area contributed by atoms with Gasteiger partial charge in [-0.3, -0.25) is 4.79 Å². The summed E-state index contributed by atoms with van der Waals surface area (Å²) in [6, 6.07) is 6.67. The summed E-state index contributed by atoms with van der Waals surface area (Å²) in [5.74, 6) is -1.58. The van der Waals surface area contributed by atoms with Crippen molar-refractivity contribution >= 4 is 29.3 Å². The van der Waals surface area contributed by atoms with Gasteiger partial charge < -0.3 is 20.6 Å². The van der Waals surface area contributed by atoms with Crippen LogP contribution in [0, 0.1) is 0 Å². The number of rotatable bonds is 5. The fourth-order valence-corrected chi connectivity index (χ4v) is 2.93. The number of hydrogen-bond acceptors (Lipinski definition) is 5. The molecule has 1 saturated heterocycles. The molecule has 1 aromatic heterocycles. The number of carboxylic acids is 1. The molecule has 1 fully saturated rings. The quantitative estimate of drug-likeness (QED) is 0.721. The summed E-state index contributed by atoms with van der Waals surface area (Å²) in [6.07, 6.45) is 5.55. The lowest BCUT2D eigenvalue weighted by Gasteiger charge is -2.20. The summed E-state index contributed by atoms with van der Waals surface area (Å²) >= 11 is 0. The van der Waals surface area contributed by atoms with Gasteiger partial charge in [-0.2, -0.15) is 0 Å². The van der Waals surface area contributed by atoms with Crippen LogP contribution in [0.15, 0.2) is 30.5 Å². The number of urea groups is 1. The number of amides is 3. The Balaban J connectivity index is 1.51. The molecule has 0 bridgehead atoms. The van der Waals surface area contributed by atoms with Crippen LogP contribution in [0.4, 0.5) is 16.2 Å². The van der Waals surface area contributed by atoms with Crippen LogP contribution in [0.3, 0.4) is 0 Å².